The summed E-state index contributed by atoms with van der Waals surface area (Å²) in [6.07, 6.45) is 1.69. The Balaban J connectivity index is 1.26. The van der Waals surface area contributed by atoms with Crippen molar-refractivity contribution in [2.24, 2.45) is 0 Å². The van der Waals surface area contributed by atoms with Gasteiger partial charge in [0.1, 0.15) is 28.5 Å². The van der Waals surface area contributed by atoms with Crippen molar-refractivity contribution < 1.29 is 14.0 Å². The summed E-state index contributed by atoms with van der Waals surface area (Å²) in [7, 11) is 0. The molecule has 10 heteroatoms. The second kappa shape index (κ2) is 8.77. The summed E-state index contributed by atoms with van der Waals surface area (Å²) < 4.78 is 5.80. The van der Waals surface area contributed by atoms with Crippen LogP contribution in [0.5, 0.6) is 0 Å². The predicted octanol–water partition coefficient (Wildman–Crippen LogP) is 4.52. The van der Waals surface area contributed by atoms with E-state index in [9.17, 15) is 20.1 Å². The van der Waals surface area contributed by atoms with Crippen molar-refractivity contribution >= 4 is 46.2 Å². The number of rotatable bonds is 5. The van der Waals surface area contributed by atoms with Crippen LogP contribution in [0, 0.1) is 22.7 Å². The molecule has 1 atom stereocenters. The molecule has 2 amide bonds. The number of nitrogen functional groups attached to an aromatic ring is 1. The molecule has 2 aromatic carbocycles. The van der Waals surface area contributed by atoms with Crippen molar-refractivity contribution in [3.05, 3.63) is 65.2 Å². The Bertz CT molecular complexity index is 1640. The maximum Gasteiger partial charge on any atom is 0.247 e. The smallest absolute Gasteiger partial charge is 0.247 e. The number of aromatic nitrogens is 2. The first-order valence-electron chi connectivity index (χ1n) is 11.6. The third kappa shape index (κ3) is 3.88. The zero-order valence-corrected chi connectivity index (χ0v) is 20.2. The number of hydrogen-bond donors (Lipinski definition) is 1. The molecule has 6 rings (SSSR count). The zero-order valence-electron chi connectivity index (χ0n) is 19.3. The Labute approximate surface area is 215 Å². The zero-order chi connectivity index (χ0) is 25.7. The number of oxazole rings is 1. The van der Waals surface area contributed by atoms with Gasteiger partial charge in [-0.15, -0.1) is 0 Å². The third-order valence-corrected chi connectivity index (χ3v) is 7.64. The van der Waals surface area contributed by atoms with Crippen molar-refractivity contribution in [3.8, 4) is 23.6 Å². The number of pyridine rings is 1. The van der Waals surface area contributed by atoms with Gasteiger partial charge in [-0.3, -0.25) is 9.59 Å². The van der Waals surface area contributed by atoms with Gasteiger partial charge in [0.15, 0.2) is 5.58 Å². The Kier molecular flexibility index (Phi) is 5.40. The van der Waals surface area contributed by atoms with Gasteiger partial charge in [-0.1, -0.05) is 23.9 Å². The molecule has 1 aliphatic heterocycles. The third-order valence-electron chi connectivity index (χ3n) is 6.47. The van der Waals surface area contributed by atoms with E-state index in [-0.39, 0.29) is 40.2 Å². The molecule has 2 aromatic heterocycles. The van der Waals surface area contributed by atoms with Crippen LogP contribution in [0.3, 0.4) is 0 Å². The number of anilines is 2. The van der Waals surface area contributed by atoms with E-state index in [0.29, 0.717) is 28.3 Å². The molecule has 1 unspecified atom stereocenters. The fraction of sp³-hybridized carbons (Fsp3) is 0.185. The lowest BCUT2D eigenvalue weighted by molar-refractivity contribution is -0.121. The molecule has 0 radical (unpaired) electrons. The van der Waals surface area contributed by atoms with Crippen molar-refractivity contribution in [2.75, 3.05) is 10.6 Å². The lowest BCUT2D eigenvalue weighted by Crippen LogP contribution is -2.31. The number of para-hydroxylation sites is 2. The molecule has 0 spiro atoms. The molecule has 2 N–H and O–H groups in total. The van der Waals surface area contributed by atoms with Crippen LogP contribution in [0.2, 0.25) is 0 Å². The van der Waals surface area contributed by atoms with E-state index >= 15 is 0 Å². The number of nitrogens with two attached hydrogens (primary N) is 1. The van der Waals surface area contributed by atoms with Gasteiger partial charge in [-0.05, 0) is 60.7 Å². The summed E-state index contributed by atoms with van der Waals surface area (Å²) in [6.45, 7) is 0. The van der Waals surface area contributed by atoms with Crippen LogP contribution in [0.15, 0.2) is 58.0 Å². The molecule has 1 aliphatic carbocycles. The SMILES string of the molecule is N#Cc1c(N)nc(SC2CC(=O)N(c3ccc(-c4nc5ccccc5o4)cc3)C2=O)c(C#N)c1C1CC1. The van der Waals surface area contributed by atoms with E-state index in [1.807, 2.05) is 24.3 Å². The van der Waals surface area contributed by atoms with Gasteiger partial charge in [0.05, 0.1) is 22.1 Å². The molecular formula is C27H18N6O3S. The lowest BCUT2D eigenvalue weighted by atomic mass is 10.0. The van der Waals surface area contributed by atoms with Gasteiger partial charge in [-0.25, -0.2) is 14.9 Å². The lowest BCUT2D eigenvalue weighted by Gasteiger charge is -2.16. The van der Waals surface area contributed by atoms with E-state index in [2.05, 4.69) is 22.1 Å². The number of amides is 2. The van der Waals surface area contributed by atoms with E-state index in [4.69, 9.17) is 10.2 Å². The average molecular weight is 507 g/mol. The highest BCUT2D eigenvalue weighted by Gasteiger charge is 2.42. The Hall–Kier alpha value is -4.67. The molecular weight excluding hydrogens is 488 g/mol. The number of thioether (sulfide) groups is 1. The predicted molar refractivity (Wildman–Crippen MR) is 136 cm³/mol. The largest absolute Gasteiger partial charge is 0.436 e. The van der Waals surface area contributed by atoms with Gasteiger partial charge in [0.25, 0.3) is 0 Å². The molecule has 1 saturated carbocycles. The average Bonchev–Trinajstić information content (AvgIpc) is 3.59. The highest BCUT2D eigenvalue weighted by atomic mass is 32.2. The second-order valence-electron chi connectivity index (χ2n) is 8.88. The molecule has 2 fully saturated rings. The summed E-state index contributed by atoms with van der Waals surface area (Å²) in [4.78, 5) is 36.1. The first kappa shape index (κ1) is 22.8. The minimum atomic E-state index is -0.761. The minimum absolute atomic E-state index is 0.0364. The molecule has 37 heavy (non-hydrogen) atoms. The second-order valence-corrected chi connectivity index (χ2v) is 10.1. The first-order valence-corrected chi connectivity index (χ1v) is 12.5. The van der Waals surface area contributed by atoms with Crippen molar-refractivity contribution in [1.82, 2.24) is 9.97 Å². The Morgan fingerprint density at radius 2 is 1.73 bits per heavy atom. The monoisotopic (exact) mass is 506 g/mol. The van der Waals surface area contributed by atoms with Crippen LogP contribution >= 0.6 is 11.8 Å². The molecule has 180 valence electrons. The normalized spacial score (nSPS) is 17.2. The topological polar surface area (TPSA) is 150 Å². The van der Waals surface area contributed by atoms with Gasteiger partial charge in [-0.2, -0.15) is 10.5 Å². The van der Waals surface area contributed by atoms with Crippen LogP contribution in [-0.2, 0) is 9.59 Å². The van der Waals surface area contributed by atoms with E-state index in [0.717, 1.165) is 35.0 Å². The van der Waals surface area contributed by atoms with E-state index in [1.165, 1.54) is 0 Å². The number of carbonyl (C=O) groups excluding carboxylic acids is 2. The number of hydrogen-bond acceptors (Lipinski definition) is 9. The van der Waals surface area contributed by atoms with Crippen molar-refractivity contribution in [1.29, 1.82) is 10.5 Å². The van der Waals surface area contributed by atoms with Crippen LogP contribution in [-0.4, -0.2) is 27.0 Å². The highest BCUT2D eigenvalue weighted by Crippen LogP contribution is 2.47. The van der Waals surface area contributed by atoms with Crippen LogP contribution in [0.25, 0.3) is 22.6 Å². The summed E-state index contributed by atoms with van der Waals surface area (Å²) in [5, 5.41) is 18.9. The number of benzene rings is 2. The van der Waals surface area contributed by atoms with E-state index in [1.54, 1.807) is 24.3 Å². The van der Waals surface area contributed by atoms with Crippen LogP contribution in [0.4, 0.5) is 11.5 Å². The van der Waals surface area contributed by atoms with Crippen molar-refractivity contribution in [3.63, 3.8) is 0 Å². The van der Waals surface area contributed by atoms with Gasteiger partial charge >= 0.3 is 0 Å². The summed E-state index contributed by atoms with van der Waals surface area (Å²) in [6, 6.07) is 18.5. The number of imide groups is 1. The molecule has 4 aromatic rings. The maximum atomic E-state index is 13.3. The number of carbonyl (C=O) groups is 2. The summed E-state index contributed by atoms with van der Waals surface area (Å²) in [5.41, 5.74) is 9.68. The standard InChI is InChI=1S/C27H18N6O3S/c28-12-17-23(14-5-6-14)18(13-29)26(32-24(17)30)37-21-11-22(34)33(27(21)35)16-9-7-15(8-10-16)25-31-19-3-1-2-4-20(19)36-25/h1-4,7-10,14,21H,5-6,11H2,(H2,30,32). The maximum absolute atomic E-state index is 13.3. The number of fused-ring (bicyclic) bond motifs is 1. The van der Waals surface area contributed by atoms with Crippen LogP contribution < -0.4 is 10.6 Å². The number of nitriles is 2. The van der Waals surface area contributed by atoms with Gasteiger partial charge < -0.3 is 10.2 Å². The van der Waals surface area contributed by atoms with E-state index < -0.39 is 11.2 Å². The van der Waals surface area contributed by atoms with Gasteiger partial charge in [0, 0.05) is 12.0 Å². The molecule has 3 heterocycles. The Morgan fingerprint density at radius 3 is 2.41 bits per heavy atom. The molecule has 0 bridgehead atoms. The molecule has 2 aliphatic rings. The highest BCUT2D eigenvalue weighted by molar-refractivity contribution is 8.00. The van der Waals surface area contributed by atoms with Crippen molar-refractivity contribution in [2.45, 2.75) is 35.5 Å². The van der Waals surface area contributed by atoms with Crippen LogP contribution in [0.1, 0.15) is 41.9 Å². The minimum Gasteiger partial charge on any atom is -0.436 e. The molecule has 9 nitrogen and oxygen atoms in total. The first-order chi connectivity index (χ1) is 18.0. The molecule has 1 saturated heterocycles. The quantitative estimate of drug-likeness (QED) is 0.385. The summed E-state index contributed by atoms with van der Waals surface area (Å²) in [5.74, 6) is -0.175. The summed E-state index contributed by atoms with van der Waals surface area (Å²) >= 11 is 1.05. The van der Waals surface area contributed by atoms with Gasteiger partial charge in [0.2, 0.25) is 17.7 Å². The Morgan fingerprint density at radius 1 is 1.00 bits per heavy atom. The fourth-order valence-corrected chi connectivity index (χ4v) is 5.67. The fourth-order valence-electron chi connectivity index (χ4n) is 4.54. The number of nitrogens with zero attached hydrogens (tertiary/aromatic N) is 5.